The highest BCUT2D eigenvalue weighted by atomic mass is 15.3. The van der Waals surface area contributed by atoms with Gasteiger partial charge in [-0.2, -0.15) is 15.6 Å². The number of rotatable bonds is 6. The summed E-state index contributed by atoms with van der Waals surface area (Å²) in [6.07, 6.45) is 3.50. The Kier molecular flexibility index (Phi) is 5.91. The Balaban J connectivity index is 1.87. The third-order valence-electron chi connectivity index (χ3n) is 4.26. The van der Waals surface area contributed by atoms with Crippen molar-refractivity contribution in [2.75, 3.05) is 19.6 Å². The molecule has 0 bridgehead atoms. The maximum Gasteiger partial charge on any atom is 0.147 e. The Morgan fingerprint density at radius 2 is 2.18 bits per heavy atom. The van der Waals surface area contributed by atoms with E-state index in [1.54, 1.807) is 0 Å². The summed E-state index contributed by atoms with van der Waals surface area (Å²) in [7, 11) is 0. The Labute approximate surface area is 132 Å². The van der Waals surface area contributed by atoms with Crippen LogP contribution in [0.3, 0.4) is 0 Å². The topological polar surface area (TPSA) is 81.5 Å². The van der Waals surface area contributed by atoms with Gasteiger partial charge < -0.3 is 4.90 Å². The lowest BCUT2D eigenvalue weighted by atomic mass is 9.96. The molecule has 2 heterocycles. The highest BCUT2D eigenvalue weighted by Crippen LogP contribution is 2.20. The molecule has 1 aromatic heterocycles. The lowest BCUT2D eigenvalue weighted by Gasteiger charge is -2.33. The third kappa shape index (κ3) is 4.54. The van der Waals surface area contributed by atoms with Crippen LogP contribution in [0.5, 0.6) is 0 Å². The molecule has 6 heteroatoms. The molecule has 1 aromatic rings. The highest BCUT2D eigenvalue weighted by Gasteiger charge is 2.23. The highest BCUT2D eigenvalue weighted by molar-refractivity contribution is 4.91. The van der Waals surface area contributed by atoms with Crippen LogP contribution in [-0.2, 0) is 6.54 Å². The van der Waals surface area contributed by atoms with Gasteiger partial charge in [-0.25, -0.2) is 9.67 Å². The summed E-state index contributed by atoms with van der Waals surface area (Å²) >= 11 is 0. The van der Waals surface area contributed by atoms with Gasteiger partial charge in [-0.1, -0.05) is 0 Å². The summed E-state index contributed by atoms with van der Waals surface area (Å²) < 4.78 is 2.00. The fraction of sp³-hybridized carbons (Fsp3) is 0.750. The fourth-order valence-electron chi connectivity index (χ4n) is 3.19. The van der Waals surface area contributed by atoms with Crippen LogP contribution in [0.2, 0.25) is 0 Å². The second-order valence-corrected chi connectivity index (χ2v) is 6.18. The van der Waals surface area contributed by atoms with Crippen LogP contribution in [0.15, 0.2) is 0 Å². The second kappa shape index (κ2) is 7.91. The molecule has 0 aliphatic carbocycles. The molecule has 22 heavy (non-hydrogen) atoms. The van der Waals surface area contributed by atoms with Gasteiger partial charge in [-0.3, -0.25) is 0 Å². The number of nitrogens with zero attached hydrogens (tertiary/aromatic N) is 6. The first-order valence-corrected chi connectivity index (χ1v) is 7.99. The predicted octanol–water partition coefficient (Wildman–Crippen LogP) is 2.05. The van der Waals surface area contributed by atoms with Crippen molar-refractivity contribution in [1.29, 1.82) is 10.5 Å². The fourth-order valence-corrected chi connectivity index (χ4v) is 3.19. The van der Waals surface area contributed by atoms with Crippen LogP contribution in [0.1, 0.15) is 37.3 Å². The first kappa shape index (κ1) is 16.5. The average molecular weight is 300 g/mol. The van der Waals surface area contributed by atoms with Gasteiger partial charge in [0.1, 0.15) is 11.6 Å². The van der Waals surface area contributed by atoms with Crippen LogP contribution in [0, 0.1) is 48.3 Å². The number of hydrogen-bond acceptors (Lipinski definition) is 5. The minimum absolute atomic E-state index is 0.0336. The minimum Gasteiger partial charge on any atom is -0.302 e. The Morgan fingerprint density at radius 1 is 1.36 bits per heavy atom. The summed E-state index contributed by atoms with van der Waals surface area (Å²) in [6.45, 7) is 7.65. The van der Waals surface area contributed by atoms with E-state index in [0.29, 0.717) is 18.8 Å². The number of piperidine rings is 1. The van der Waals surface area contributed by atoms with Crippen molar-refractivity contribution < 1.29 is 0 Å². The zero-order valence-electron chi connectivity index (χ0n) is 13.5. The molecular formula is C16H24N6. The molecule has 0 radical (unpaired) electrons. The standard InChI is InChI=1S/C16H24N6/c1-13-19-14(2)22(20-13)12-16-6-4-8-21(11-16)10-15(9-18)5-3-7-17/h15-16H,3-6,8,10-12H2,1-2H3. The molecule has 6 nitrogen and oxygen atoms in total. The molecule has 2 atom stereocenters. The van der Waals surface area contributed by atoms with E-state index in [0.717, 1.165) is 44.2 Å². The van der Waals surface area contributed by atoms with Crippen LogP contribution in [-0.4, -0.2) is 39.3 Å². The molecular weight excluding hydrogens is 276 g/mol. The molecule has 2 rings (SSSR count). The number of aromatic nitrogens is 3. The number of hydrogen-bond donors (Lipinski definition) is 0. The molecule has 0 aromatic carbocycles. The van der Waals surface area contributed by atoms with E-state index in [2.05, 4.69) is 27.1 Å². The van der Waals surface area contributed by atoms with Gasteiger partial charge in [-0.05, 0) is 45.6 Å². The van der Waals surface area contributed by atoms with Crippen LogP contribution in [0.4, 0.5) is 0 Å². The molecule has 0 amide bonds. The maximum atomic E-state index is 9.22. The lowest BCUT2D eigenvalue weighted by Crippen LogP contribution is -2.39. The lowest BCUT2D eigenvalue weighted by molar-refractivity contribution is 0.146. The van der Waals surface area contributed by atoms with Crippen molar-refractivity contribution in [1.82, 2.24) is 19.7 Å². The molecule has 0 spiro atoms. The SMILES string of the molecule is Cc1nc(C)n(CC2CCCN(CC(C#N)CCC#N)C2)n1. The quantitative estimate of drug-likeness (QED) is 0.803. The van der Waals surface area contributed by atoms with E-state index in [9.17, 15) is 5.26 Å². The van der Waals surface area contributed by atoms with E-state index >= 15 is 0 Å². The molecule has 0 saturated carbocycles. The van der Waals surface area contributed by atoms with Gasteiger partial charge in [0.05, 0.1) is 18.1 Å². The van der Waals surface area contributed by atoms with Crippen LogP contribution >= 0.6 is 0 Å². The van der Waals surface area contributed by atoms with Crippen LogP contribution < -0.4 is 0 Å². The Hall–Kier alpha value is -1.92. The number of aryl methyl sites for hydroxylation is 2. The van der Waals surface area contributed by atoms with Crippen molar-refractivity contribution >= 4 is 0 Å². The molecule has 1 fully saturated rings. The largest absolute Gasteiger partial charge is 0.302 e. The van der Waals surface area contributed by atoms with E-state index in [1.807, 2.05) is 18.5 Å². The van der Waals surface area contributed by atoms with Gasteiger partial charge in [-0.15, -0.1) is 0 Å². The van der Waals surface area contributed by atoms with Gasteiger partial charge in [0.15, 0.2) is 0 Å². The number of likely N-dealkylation sites (tertiary alicyclic amines) is 1. The van der Waals surface area contributed by atoms with Crippen molar-refractivity contribution in [2.45, 2.75) is 46.1 Å². The molecule has 0 N–H and O–H groups in total. The first-order valence-electron chi connectivity index (χ1n) is 7.99. The zero-order chi connectivity index (χ0) is 15.9. The maximum absolute atomic E-state index is 9.22. The zero-order valence-corrected chi connectivity index (χ0v) is 13.5. The summed E-state index contributed by atoms with van der Waals surface area (Å²) in [4.78, 5) is 6.73. The summed E-state index contributed by atoms with van der Waals surface area (Å²) in [5, 5.41) is 22.3. The monoisotopic (exact) mass is 300 g/mol. The van der Waals surface area contributed by atoms with Gasteiger partial charge in [0.25, 0.3) is 0 Å². The van der Waals surface area contributed by atoms with Gasteiger partial charge >= 0.3 is 0 Å². The Bertz CT molecular complexity index is 564. The van der Waals surface area contributed by atoms with E-state index in [1.165, 1.54) is 6.42 Å². The molecule has 118 valence electrons. The molecule has 2 unspecified atom stereocenters. The second-order valence-electron chi connectivity index (χ2n) is 6.18. The number of nitriles is 2. The van der Waals surface area contributed by atoms with Crippen molar-refractivity contribution in [3.8, 4) is 12.1 Å². The summed E-state index contributed by atoms with van der Waals surface area (Å²) in [5.74, 6) is 2.32. The van der Waals surface area contributed by atoms with Gasteiger partial charge in [0.2, 0.25) is 0 Å². The predicted molar refractivity (Wildman–Crippen MR) is 82.6 cm³/mol. The third-order valence-corrected chi connectivity index (χ3v) is 4.26. The minimum atomic E-state index is -0.0336. The first-order chi connectivity index (χ1) is 10.6. The molecule has 1 saturated heterocycles. The summed E-state index contributed by atoms with van der Waals surface area (Å²) in [6, 6.07) is 4.47. The molecule has 1 aliphatic rings. The van der Waals surface area contributed by atoms with E-state index in [-0.39, 0.29) is 5.92 Å². The molecule has 1 aliphatic heterocycles. The van der Waals surface area contributed by atoms with Crippen molar-refractivity contribution in [3.63, 3.8) is 0 Å². The average Bonchev–Trinajstić information content (AvgIpc) is 2.81. The van der Waals surface area contributed by atoms with Crippen molar-refractivity contribution in [3.05, 3.63) is 11.6 Å². The van der Waals surface area contributed by atoms with E-state index < -0.39 is 0 Å². The van der Waals surface area contributed by atoms with Crippen LogP contribution in [0.25, 0.3) is 0 Å². The smallest absolute Gasteiger partial charge is 0.147 e. The summed E-state index contributed by atoms with van der Waals surface area (Å²) in [5.41, 5.74) is 0. The van der Waals surface area contributed by atoms with E-state index in [4.69, 9.17) is 5.26 Å². The van der Waals surface area contributed by atoms with Crippen molar-refractivity contribution in [2.24, 2.45) is 11.8 Å². The van der Waals surface area contributed by atoms with Gasteiger partial charge in [0, 0.05) is 26.1 Å². The Morgan fingerprint density at radius 3 is 2.82 bits per heavy atom. The normalized spacial score (nSPS) is 20.3.